The summed E-state index contributed by atoms with van der Waals surface area (Å²) in [7, 11) is 2.04. The number of piperidine rings is 1. The largest absolute Gasteiger partial charge is 0.483 e. The maximum absolute atomic E-state index is 14.0. The molecule has 0 N–H and O–H groups in total. The Labute approximate surface area is 266 Å². The van der Waals surface area contributed by atoms with Crippen LogP contribution in [0.4, 0.5) is 13.2 Å². The summed E-state index contributed by atoms with van der Waals surface area (Å²) >= 11 is 0. The number of ether oxygens (including phenoxy) is 3. The van der Waals surface area contributed by atoms with E-state index in [2.05, 4.69) is 4.90 Å². The summed E-state index contributed by atoms with van der Waals surface area (Å²) in [4.78, 5) is 43.0. The quantitative estimate of drug-likeness (QED) is 0.223. The average Bonchev–Trinajstić information content (AvgIpc) is 3.33. The molecule has 1 saturated carbocycles. The van der Waals surface area contributed by atoms with E-state index in [1.807, 2.05) is 27.0 Å². The Morgan fingerprint density at radius 2 is 1.80 bits per heavy atom. The third-order valence-electron chi connectivity index (χ3n) is 10.1. The molecule has 2 bridgehead atoms. The molecule has 5 atom stereocenters. The van der Waals surface area contributed by atoms with Gasteiger partial charge in [0.1, 0.15) is 11.7 Å². The van der Waals surface area contributed by atoms with Gasteiger partial charge in [0.15, 0.2) is 11.5 Å². The first-order valence-electron chi connectivity index (χ1n) is 15.7. The lowest BCUT2D eigenvalue weighted by Gasteiger charge is -2.65. The highest BCUT2D eigenvalue weighted by atomic mass is 19.4. The van der Waals surface area contributed by atoms with Crippen molar-refractivity contribution in [1.82, 2.24) is 9.80 Å². The van der Waals surface area contributed by atoms with Crippen molar-refractivity contribution in [1.29, 1.82) is 0 Å². The molecular formula is C35H39F3N2O6. The van der Waals surface area contributed by atoms with Crippen molar-refractivity contribution in [2.75, 3.05) is 20.1 Å². The summed E-state index contributed by atoms with van der Waals surface area (Å²) in [5, 5.41) is 0. The number of carbonyl (C=O) groups excluding carboxylic acids is 3. The van der Waals surface area contributed by atoms with E-state index in [4.69, 9.17) is 14.2 Å². The normalized spacial score (nSPS) is 28.1. The number of halogens is 3. The molecule has 2 aromatic carbocycles. The highest BCUT2D eigenvalue weighted by Crippen LogP contribution is 2.67. The van der Waals surface area contributed by atoms with E-state index in [0.717, 1.165) is 23.3 Å². The summed E-state index contributed by atoms with van der Waals surface area (Å²) in [6, 6.07) is 7.81. The fourth-order valence-corrected chi connectivity index (χ4v) is 8.53. The highest BCUT2D eigenvalue weighted by molar-refractivity contribution is 5.92. The van der Waals surface area contributed by atoms with Crippen molar-refractivity contribution in [3.05, 3.63) is 64.7 Å². The number of hydrogen-bond donors (Lipinski definition) is 0. The molecule has 8 nitrogen and oxygen atoms in total. The van der Waals surface area contributed by atoms with Gasteiger partial charge in [-0.2, -0.15) is 13.2 Å². The van der Waals surface area contributed by atoms with Gasteiger partial charge in [0.2, 0.25) is 5.91 Å². The molecular weight excluding hydrogens is 601 g/mol. The van der Waals surface area contributed by atoms with E-state index in [-0.39, 0.29) is 23.8 Å². The van der Waals surface area contributed by atoms with E-state index < -0.39 is 40.9 Å². The van der Waals surface area contributed by atoms with Crippen LogP contribution in [0.3, 0.4) is 0 Å². The molecule has 46 heavy (non-hydrogen) atoms. The number of nitrogens with zero attached hydrogens (tertiary/aromatic N) is 2. The van der Waals surface area contributed by atoms with Crippen molar-refractivity contribution in [3.8, 4) is 11.5 Å². The van der Waals surface area contributed by atoms with Gasteiger partial charge in [-0.1, -0.05) is 32.0 Å². The fraction of sp³-hybridized carbons (Fsp3) is 0.514. The lowest BCUT2D eigenvalue weighted by atomic mass is 9.48. The van der Waals surface area contributed by atoms with Crippen LogP contribution in [0.15, 0.2) is 42.5 Å². The Morgan fingerprint density at radius 1 is 1.09 bits per heavy atom. The van der Waals surface area contributed by atoms with Gasteiger partial charge in [0.05, 0.1) is 23.1 Å². The maximum Gasteiger partial charge on any atom is 0.416 e. The molecule has 4 aliphatic rings. The zero-order chi connectivity index (χ0) is 33.2. The number of benzene rings is 2. The molecule has 246 valence electrons. The topological polar surface area (TPSA) is 85.4 Å². The molecule has 2 aliphatic carbocycles. The summed E-state index contributed by atoms with van der Waals surface area (Å²) in [5.74, 6) is -0.325. The maximum atomic E-state index is 14.0. The summed E-state index contributed by atoms with van der Waals surface area (Å²) in [5.41, 5.74) is -0.0918. The lowest BCUT2D eigenvalue weighted by Crippen LogP contribution is -2.79. The summed E-state index contributed by atoms with van der Waals surface area (Å²) in [6.07, 6.45) is 0.0666. The first-order chi connectivity index (χ1) is 21.7. The van der Waals surface area contributed by atoms with Crippen LogP contribution in [0.1, 0.15) is 69.2 Å². The molecule has 0 unspecified atom stereocenters. The Balaban J connectivity index is 1.44. The molecule has 2 fully saturated rings. The first-order valence-corrected chi connectivity index (χ1v) is 15.7. The summed E-state index contributed by atoms with van der Waals surface area (Å²) < 4.78 is 58.2. The number of esters is 2. The molecule has 0 aromatic heterocycles. The van der Waals surface area contributed by atoms with Crippen LogP contribution in [0.2, 0.25) is 0 Å². The molecule has 2 aromatic rings. The molecule has 1 saturated heterocycles. The van der Waals surface area contributed by atoms with Crippen LogP contribution < -0.4 is 9.47 Å². The second-order valence-electron chi connectivity index (χ2n) is 13.4. The average molecular weight is 641 g/mol. The lowest BCUT2D eigenvalue weighted by molar-refractivity contribution is -0.221. The number of hydrogen-bond acceptors (Lipinski definition) is 7. The van der Waals surface area contributed by atoms with Gasteiger partial charge in [-0.3, -0.25) is 19.3 Å². The molecule has 2 aliphatic heterocycles. The van der Waals surface area contributed by atoms with Crippen molar-refractivity contribution >= 4 is 23.9 Å². The minimum absolute atomic E-state index is 0.0913. The second kappa shape index (κ2) is 11.4. The van der Waals surface area contributed by atoms with Crippen molar-refractivity contribution in [2.45, 2.75) is 88.8 Å². The minimum atomic E-state index is -4.45. The predicted molar refractivity (Wildman–Crippen MR) is 163 cm³/mol. The van der Waals surface area contributed by atoms with E-state index in [1.165, 1.54) is 38.1 Å². The molecule has 1 amide bonds. The third-order valence-corrected chi connectivity index (χ3v) is 10.1. The Hall–Kier alpha value is -3.86. The monoisotopic (exact) mass is 640 g/mol. The van der Waals surface area contributed by atoms with E-state index in [0.29, 0.717) is 55.8 Å². The van der Waals surface area contributed by atoms with Gasteiger partial charge in [-0.15, -0.1) is 0 Å². The molecule has 6 rings (SSSR count). The first kappa shape index (κ1) is 32.1. The van der Waals surface area contributed by atoms with Crippen molar-refractivity contribution < 1.29 is 41.8 Å². The van der Waals surface area contributed by atoms with Crippen LogP contribution in [0, 0.1) is 5.92 Å². The zero-order valence-electron chi connectivity index (χ0n) is 26.6. The Bertz CT molecular complexity index is 1590. The second-order valence-corrected chi connectivity index (χ2v) is 13.4. The van der Waals surface area contributed by atoms with Crippen LogP contribution in [-0.4, -0.2) is 71.6 Å². The Morgan fingerprint density at radius 3 is 2.43 bits per heavy atom. The number of alkyl halides is 3. The molecule has 11 heteroatoms. The van der Waals surface area contributed by atoms with Crippen LogP contribution in [-0.2, 0) is 37.1 Å². The molecule has 0 radical (unpaired) electrons. The van der Waals surface area contributed by atoms with Gasteiger partial charge in [0, 0.05) is 32.0 Å². The van der Waals surface area contributed by atoms with E-state index in [9.17, 15) is 27.6 Å². The van der Waals surface area contributed by atoms with E-state index in [1.54, 1.807) is 11.0 Å². The van der Waals surface area contributed by atoms with Crippen molar-refractivity contribution in [2.24, 2.45) is 5.92 Å². The number of likely N-dealkylation sites (N-methyl/N-ethyl adjacent to an activating group) is 1. The Kier molecular flexibility index (Phi) is 7.98. The summed E-state index contributed by atoms with van der Waals surface area (Å²) in [6.45, 7) is 7.89. The van der Waals surface area contributed by atoms with Crippen LogP contribution in [0.25, 0.3) is 6.08 Å². The molecule has 1 spiro atoms. The van der Waals surface area contributed by atoms with Gasteiger partial charge in [-0.25, -0.2) is 0 Å². The van der Waals surface area contributed by atoms with Crippen LogP contribution >= 0.6 is 0 Å². The number of rotatable bonds is 7. The predicted octanol–water partition coefficient (Wildman–Crippen LogP) is 5.55. The standard InChI is InChI=1S/C35H39F3N2O6/c1-20(2)19-40(29(43)13-8-23-6-10-25(11-7-23)35(36,37)38)26-14-15-34(46-22(4)42)28-18-24-9-12-27(44-21(3)41)31-30(24)33(34,32(26)45-31)16-17-39(28)5/h6-13,20,26,28,32H,14-19H2,1-5H3/t26-,28-,32+,33+,34-/m1/s1. The smallest absolute Gasteiger partial charge is 0.416 e. The van der Waals surface area contributed by atoms with Gasteiger partial charge >= 0.3 is 18.1 Å². The van der Waals surface area contributed by atoms with Gasteiger partial charge < -0.3 is 19.1 Å². The van der Waals surface area contributed by atoms with Crippen molar-refractivity contribution in [3.63, 3.8) is 0 Å². The van der Waals surface area contributed by atoms with E-state index >= 15 is 0 Å². The third kappa shape index (κ3) is 5.07. The van der Waals surface area contributed by atoms with Gasteiger partial charge in [0.25, 0.3) is 0 Å². The SMILES string of the molecule is CC(=O)Oc1ccc2c3c1O[C@H]1[C@H](N(CC(C)C)C(=O)C=Cc4ccc(C(F)(F)F)cc4)CC[C@@]4(OC(C)=O)[C@@H](C2)N(C)CC[C@]314. The highest BCUT2D eigenvalue weighted by Gasteiger charge is 2.75. The number of carbonyl (C=O) groups is 3. The minimum Gasteiger partial charge on any atom is -0.483 e. The molecule has 2 heterocycles. The van der Waals surface area contributed by atoms with Gasteiger partial charge in [-0.05, 0) is 80.6 Å². The number of amides is 1. The fourth-order valence-electron chi connectivity index (χ4n) is 8.53. The number of likely N-dealkylation sites (tertiary alicyclic amines) is 1. The zero-order valence-corrected chi connectivity index (χ0v) is 26.6. The van der Waals surface area contributed by atoms with Crippen LogP contribution in [0.5, 0.6) is 11.5 Å².